The molecule has 1 amide bonds. The average molecular weight is 406 g/mol. The number of allylic oxidation sites excluding steroid dienone is 2. The predicted octanol–water partition coefficient (Wildman–Crippen LogP) is 2.61. The standard InChI is InChI=1S/C21H31N3O3S/c1-3-12-24(19-6-4-5-7-19)21(25)17-22-13-15-23(16-14-22)28(26,27)20-10-8-18(2)9-11-20/h6,8-11H,3-5,7,12-17H2,1-2H3. The molecule has 0 bridgehead atoms. The van der Waals surface area contributed by atoms with Crippen molar-refractivity contribution >= 4 is 15.9 Å². The fourth-order valence-corrected chi connectivity index (χ4v) is 5.24. The third kappa shape index (κ3) is 4.82. The van der Waals surface area contributed by atoms with Crippen LogP contribution in [0.4, 0.5) is 0 Å². The van der Waals surface area contributed by atoms with Gasteiger partial charge in [0, 0.05) is 38.4 Å². The van der Waals surface area contributed by atoms with Crippen LogP contribution in [-0.4, -0.2) is 67.7 Å². The van der Waals surface area contributed by atoms with E-state index in [9.17, 15) is 13.2 Å². The van der Waals surface area contributed by atoms with Gasteiger partial charge in [0.05, 0.1) is 11.4 Å². The number of rotatable bonds is 7. The number of sulfonamides is 1. The average Bonchev–Trinajstić information content (AvgIpc) is 3.21. The van der Waals surface area contributed by atoms with Gasteiger partial charge < -0.3 is 4.90 Å². The molecule has 0 unspecified atom stereocenters. The van der Waals surface area contributed by atoms with Gasteiger partial charge in [-0.15, -0.1) is 0 Å². The molecule has 0 radical (unpaired) electrons. The maximum atomic E-state index is 12.8. The number of hydrogen-bond donors (Lipinski definition) is 0. The van der Waals surface area contributed by atoms with Crippen molar-refractivity contribution in [1.29, 1.82) is 0 Å². The Morgan fingerprint density at radius 3 is 2.36 bits per heavy atom. The Morgan fingerprint density at radius 2 is 1.79 bits per heavy atom. The van der Waals surface area contributed by atoms with E-state index in [-0.39, 0.29) is 5.91 Å². The first kappa shape index (κ1) is 21.0. The lowest BCUT2D eigenvalue weighted by molar-refractivity contribution is -0.130. The summed E-state index contributed by atoms with van der Waals surface area (Å²) in [6.45, 7) is 7.13. The summed E-state index contributed by atoms with van der Waals surface area (Å²) in [7, 11) is -3.47. The van der Waals surface area contributed by atoms with Gasteiger partial charge in [0.15, 0.2) is 0 Å². The lowest BCUT2D eigenvalue weighted by Gasteiger charge is -2.35. The second kappa shape index (κ2) is 9.20. The van der Waals surface area contributed by atoms with E-state index in [4.69, 9.17) is 0 Å². The first-order valence-electron chi connectivity index (χ1n) is 10.2. The smallest absolute Gasteiger partial charge is 0.243 e. The SMILES string of the molecule is CCCN(C(=O)CN1CCN(S(=O)(=O)c2ccc(C)cc2)CC1)C1=CCCC1. The van der Waals surface area contributed by atoms with Gasteiger partial charge >= 0.3 is 0 Å². The number of aryl methyl sites for hydroxylation is 1. The molecule has 0 atom stereocenters. The summed E-state index contributed by atoms with van der Waals surface area (Å²) in [4.78, 5) is 17.2. The summed E-state index contributed by atoms with van der Waals surface area (Å²) < 4.78 is 27.2. The summed E-state index contributed by atoms with van der Waals surface area (Å²) in [6, 6.07) is 6.97. The maximum Gasteiger partial charge on any atom is 0.243 e. The van der Waals surface area contributed by atoms with Gasteiger partial charge in [0.1, 0.15) is 0 Å². The van der Waals surface area contributed by atoms with E-state index in [1.807, 2.05) is 24.0 Å². The molecule has 1 aliphatic heterocycles. The quantitative estimate of drug-likeness (QED) is 0.700. The molecule has 154 valence electrons. The van der Waals surface area contributed by atoms with Gasteiger partial charge in [-0.05, 0) is 44.7 Å². The fraction of sp³-hybridized carbons (Fsp3) is 0.571. The van der Waals surface area contributed by atoms with E-state index in [0.29, 0.717) is 37.6 Å². The highest BCUT2D eigenvalue weighted by atomic mass is 32.2. The van der Waals surface area contributed by atoms with E-state index in [1.54, 1.807) is 12.1 Å². The molecule has 2 aliphatic rings. The second-order valence-corrected chi connectivity index (χ2v) is 9.56. The number of piperazine rings is 1. The molecular formula is C21H31N3O3S. The van der Waals surface area contributed by atoms with Gasteiger partial charge in [-0.25, -0.2) is 8.42 Å². The molecule has 1 saturated heterocycles. The van der Waals surface area contributed by atoms with Crippen molar-refractivity contribution in [2.24, 2.45) is 0 Å². The molecule has 1 aromatic rings. The molecule has 1 aromatic carbocycles. The number of carbonyl (C=O) groups is 1. The molecule has 0 saturated carbocycles. The minimum absolute atomic E-state index is 0.129. The van der Waals surface area contributed by atoms with Gasteiger partial charge in [-0.3, -0.25) is 9.69 Å². The Hall–Kier alpha value is -1.70. The fourth-order valence-electron chi connectivity index (χ4n) is 3.82. The molecule has 0 N–H and O–H groups in total. The largest absolute Gasteiger partial charge is 0.315 e. The molecule has 1 aliphatic carbocycles. The van der Waals surface area contributed by atoms with Gasteiger partial charge in [-0.2, -0.15) is 4.31 Å². The summed E-state index contributed by atoms with van der Waals surface area (Å²) in [5.41, 5.74) is 2.20. The predicted molar refractivity (Wildman–Crippen MR) is 110 cm³/mol. The van der Waals surface area contributed by atoms with Crippen LogP contribution in [0.25, 0.3) is 0 Å². The summed E-state index contributed by atoms with van der Waals surface area (Å²) >= 11 is 0. The number of benzene rings is 1. The van der Waals surface area contributed by atoms with Crippen molar-refractivity contribution in [2.45, 2.75) is 44.4 Å². The monoisotopic (exact) mass is 405 g/mol. The van der Waals surface area contributed by atoms with E-state index in [1.165, 1.54) is 4.31 Å². The van der Waals surface area contributed by atoms with Crippen LogP contribution in [0.2, 0.25) is 0 Å². The Balaban J connectivity index is 1.57. The number of carbonyl (C=O) groups excluding carboxylic acids is 1. The molecule has 1 fully saturated rings. The number of nitrogens with zero attached hydrogens (tertiary/aromatic N) is 3. The van der Waals surface area contributed by atoms with Crippen LogP contribution in [0.1, 0.15) is 38.2 Å². The minimum Gasteiger partial charge on any atom is -0.315 e. The van der Waals surface area contributed by atoms with E-state index in [0.717, 1.165) is 43.5 Å². The Bertz CT molecular complexity index is 810. The van der Waals surface area contributed by atoms with E-state index < -0.39 is 10.0 Å². The van der Waals surface area contributed by atoms with Crippen molar-refractivity contribution in [3.05, 3.63) is 41.6 Å². The lowest BCUT2D eigenvalue weighted by atomic mass is 10.2. The van der Waals surface area contributed by atoms with Crippen LogP contribution in [0.15, 0.2) is 40.9 Å². The van der Waals surface area contributed by atoms with Crippen LogP contribution >= 0.6 is 0 Å². The topological polar surface area (TPSA) is 60.9 Å². The van der Waals surface area contributed by atoms with Gasteiger partial charge in [0.2, 0.25) is 15.9 Å². The third-order valence-electron chi connectivity index (χ3n) is 5.46. The Labute approximate surface area is 168 Å². The van der Waals surface area contributed by atoms with Crippen LogP contribution in [0, 0.1) is 6.92 Å². The molecule has 0 aromatic heterocycles. The van der Waals surface area contributed by atoms with Crippen molar-refractivity contribution in [2.75, 3.05) is 39.3 Å². The molecule has 3 rings (SSSR count). The lowest BCUT2D eigenvalue weighted by Crippen LogP contribution is -2.51. The zero-order valence-electron chi connectivity index (χ0n) is 16.9. The van der Waals surface area contributed by atoms with Crippen LogP contribution in [0.5, 0.6) is 0 Å². The Kier molecular flexibility index (Phi) is 6.91. The summed E-state index contributed by atoms with van der Waals surface area (Å²) in [6.07, 6.45) is 6.27. The second-order valence-electron chi connectivity index (χ2n) is 7.63. The maximum absolute atomic E-state index is 12.8. The highest BCUT2D eigenvalue weighted by Crippen LogP contribution is 2.23. The van der Waals surface area contributed by atoms with Gasteiger partial charge in [0.25, 0.3) is 0 Å². The highest BCUT2D eigenvalue weighted by Gasteiger charge is 2.30. The molecule has 0 spiro atoms. The summed E-state index contributed by atoms with van der Waals surface area (Å²) in [5, 5.41) is 0. The third-order valence-corrected chi connectivity index (χ3v) is 7.37. The van der Waals surface area contributed by atoms with Crippen LogP contribution in [0.3, 0.4) is 0 Å². The van der Waals surface area contributed by atoms with E-state index >= 15 is 0 Å². The van der Waals surface area contributed by atoms with E-state index in [2.05, 4.69) is 17.9 Å². The van der Waals surface area contributed by atoms with Crippen molar-refractivity contribution in [1.82, 2.24) is 14.1 Å². The first-order valence-corrected chi connectivity index (χ1v) is 11.6. The van der Waals surface area contributed by atoms with Crippen molar-refractivity contribution in [3.8, 4) is 0 Å². The van der Waals surface area contributed by atoms with Crippen LogP contribution < -0.4 is 0 Å². The molecule has 1 heterocycles. The van der Waals surface area contributed by atoms with Crippen molar-refractivity contribution in [3.63, 3.8) is 0 Å². The van der Waals surface area contributed by atoms with Gasteiger partial charge in [-0.1, -0.05) is 30.7 Å². The molecular weight excluding hydrogens is 374 g/mol. The molecule has 28 heavy (non-hydrogen) atoms. The number of hydrogen-bond acceptors (Lipinski definition) is 4. The first-order chi connectivity index (χ1) is 13.4. The zero-order valence-corrected chi connectivity index (χ0v) is 17.7. The number of amides is 1. The van der Waals surface area contributed by atoms with Crippen LogP contribution in [-0.2, 0) is 14.8 Å². The van der Waals surface area contributed by atoms with Crippen molar-refractivity contribution < 1.29 is 13.2 Å². The molecule has 7 heteroatoms. The Morgan fingerprint density at radius 1 is 1.11 bits per heavy atom. The summed E-state index contributed by atoms with van der Waals surface area (Å²) in [5.74, 6) is 0.129. The zero-order chi connectivity index (χ0) is 20.1. The molecule has 6 nitrogen and oxygen atoms in total. The normalized spacial score (nSPS) is 18.9. The minimum atomic E-state index is -3.47. The highest BCUT2D eigenvalue weighted by molar-refractivity contribution is 7.89.